The van der Waals surface area contributed by atoms with Gasteiger partial charge in [0.15, 0.2) is 0 Å². The predicted molar refractivity (Wildman–Crippen MR) is 129 cm³/mol. The van der Waals surface area contributed by atoms with E-state index in [9.17, 15) is 9.59 Å². The number of carbonyl (C=O) groups excluding carboxylic acids is 1. The molecule has 0 unspecified atom stereocenters. The lowest BCUT2D eigenvalue weighted by Gasteiger charge is -2.31. The molecule has 6 nitrogen and oxygen atoms in total. The summed E-state index contributed by atoms with van der Waals surface area (Å²) in [6.45, 7) is 2.69. The number of carboxylic acids is 1. The number of para-hydroxylation sites is 1. The Labute approximate surface area is 194 Å². The van der Waals surface area contributed by atoms with Gasteiger partial charge < -0.3 is 19.3 Å². The largest absolute Gasteiger partial charge is 0.478 e. The van der Waals surface area contributed by atoms with Crippen LogP contribution in [0.3, 0.4) is 0 Å². The van der Waals surface area contributed by atoms with E-state index in [2.05, 4.69) is 10.6 Å². The highest BCUT2D eigenvalue weighted by Gasteiger charge is 2.23. The summed E-state index contributed by atoms with van der Waals surface area (Å²) in [5.41, 5.74) is 3.05. The molecular formula is C27H30N2O4. The highest BCUT2D eigenvalue weighted by Crippen LogP contribution is 2.26. The van der Waals surface area contributed by atoms with Crippen LogP contribution in [-0.4, -0.2) is 39.7 Å². The van der Waals surface area contributed by atoms with Gasteiger partial charge in [0.05, 0.1) is 0 Å². The van der Waals surface area contributed by atoms with Gasteiger partial charge in [-0.1, -0.05) is 48.5 Å². The minimum absolute atomic E-state index is 0.224. The third kappa shape index (κ3) is 6.04. The molecule has 3 aromatic rings. The highest BCUT2D eigenvalue weighted by atomic mass is 16.6. The summed E-state index contributed by atoms with van der Waals surface area (Å²) < 4.78 is 7.68. The molecule has 6 heteroatoms. The Bertz CT molecular complexity index is 1110. The van der Waals surface area contributed by atoms with Gasteiger partial charge >= 0.3 is 12.1 Å². The average molecular weight is 447 g/mol. The maximum Gasteiger partial charge on any atom is 0.410 e. The number of rotatable bonds is 8. The fourth-order valence-electron chi connectivity index (χ4n) is 4.52. The van der Waals surface area contributed by atoms with Crippen LogP contribution in [0.1, 0.15) is 36.8 Å². The monoisotopic (exact) mass is 446 g/mol. The lowest BCUT2D eigenvalue weighted by molar-refractivity contribution is -0.131. The zero-order chi connectivity index (χ0) is 23.0. The van der Waals surface area contributed by atoms with E-state index in [1.165, 1.54) is 6.08 Å². The summed E-state index contributed by atoms with van der Waals surface area (Å²) in [6, 6.07) is 17.8. The van der Waals surface area contributed by atoms with Gasteiger partial charge in [-0.15, -0.1) is 0 Å². The normalized spacial score (nSPS) is 14.7. The number of nitrogens with zero attached hydrogens (tertiary/aromatic N) is 2. The van der Waals surface area contributed by atoms with Gasteiger partial charge in [0.1, 0.15) is 6.61 Å². The summed E-state index contributed by atoms with van der Waals surface area (Å²) >= 11 is 0. The minimum atomic E-state index is -0.942. The standard InChI is InChI=1S/C27H30N2O4/c30-26(31)13-12-23-19-29(25-11-5-4-10-24(23)25)16-6-9-21-14-17-28(18-15-21)27(32)33-20-22-7-2-1-3-8-22/h1-5,7-8,10-13,19,21H,6,9,14-18,20H2,(H,30,31)/b13-12+. The smallest absolute Gasteiger partial charge is 0.410 e. The number of aromatic nitrogens is 1. The molecule has 2 aromatic carbocycles. The molecule has 0 atom stereocenters. The van der Waals surface area contributed by atoms with Crippen molar-refractivity contribution in [3.63, 3.8) is 0 Å². The first-order valence-electron chi connectivity index (χ1n) is 11.5. The van der Waals surface area contributed by atoms with Crippen molar-refractivity contribution in [2.45, 2.75) is 38.8 Å². The molecular weight excluding hydrogens is 416 g/mol. The molecule has 33 heavy (non-hydrogen) atoms. The van der Waals surface area contributed by atoms with E-state index in [0.717, 1.165) is 67.3 Å². The molecule has 1 aliphatic heterocycles. The fourth-order valence-corrected chi connectivity index (χ4v) is 4.52. The third-order valence-electron chi connectivity index (χ3n) is 6.31. The number of carboxylic acid groups (broad SMARTS) is 1. The molecule has 0 spiro atoms. The number of hydrogen-bond donors (Lipinski definition) is 1. The molecule has 0 saturated carbocycles. The van der Waals surface area contributed by atoms with Crippen LogP contribution in [0, 0.1) is 5.92 Å². The number of fused-ring (bicyclic) bond motifs is 1. The minimum Gasteiger partial charge on any atom is -0.478 e. The Hall–Kier alpha value is -3.54. The van der Waals surface area contributed by atoms with E-state index in [1.54, 1.807) is 6.08 Å². The van der Waals surface area contributed by atoms with Crippen LogP contribution in [0.4, 0.5) is 4.79 Å². The number of amides is 1. The van der Waals surface area contributed by atoms with Crippen LogP contribution < -0.4 is 0 Å². The molecule has 1 aliphatic rings. The van der Waals surface area contributed by atoms with E-state index in [0.29, 0.717) is 12.5 Å². The molecule has 0 aliphatic carbocycles. The quantitative estimate of drug-likeness (QED) is 0.459. The number of hydrogen-bond acceptors (Lipinski definition) is 3. The molecule has 0 radical (unpaired) electrons. The van der Waals surface area contributed by atoms with Crippen molar-refractivity contribution in [2.24, 2.45) is 5.92 Å². The second kappa shape index (κ2) is 10.9. The van der Waals surface area contributed by atoms with Gasteiger partial charge in [0.25, 0.3) is 0 Å². The zero-order valence-corrected chi connectivity index (χ0v) is 18.7. The van der Waals surface area contributed by atoms with Gasteiger partial charge in [0.2, 0.25) is 0 Å². The topological polar surface area (TPSA) is 71.8 Å². The summed E-state index contributed by atoms with van der Waals surface area (Å²) in [4.78, 5) is 25.1. The van der Waals surface area contributed by atoms with Crippen molar-refractivity contribution >= 4 is 29.0 Å². The molecule has 4 rings (SSSR count). The maximum absolute atomic E-state index is 12.4. The van der Waals surface area contributed by atoms with Crippen molar-refractivity contribution in [3.8, 4) is 0 Å². The molecule has 2 heterocycles. The fraction of sp³-hybridized carbons (Fsp3) is 0.333. The van der Waals surface area contributed by atoms with Crippen LogP contribution in [0.5, 0.6) is 0 Å². The van der Waals surface area contributed by atoms with Gasteiger partial charge in [-0.05, 0) is 49.3 Å². The zero-order valence-electron chi connectivity index (χ0n) is 18.7. The number of carbonyl (C=O) groups is 2. The second-order valence-corrected chi connectivity index (χ2v) is 8.58. The Morgan fingerprint density at radius 3 is 2.52 bits per heavy atom. The summed E-state index contributed by atoms with van der Waals surface area (Å²) in [5, 5.41) is 10.0. The Balaban J connectivity index is 1.24. The molecule has 0 bridgehead atoms. The Morgan fingerprint density at radius 1 is 1.03 bits per heavy atom. The van der Waals surface area contributed by atoms with Crippen molar-refractivity contribution in [1.82, 2.24) is 9.47 Å². The summed E-state index contributed by atoms with van der Waals surface area (Å²) in [5.74, 6) is -0.335. The van der Waals surface area contributed by atoms with Crippen molar-refractivity contribution < 1.29 is 19.4 Å². The highest BCUT2D eigenvalue weighted by molar-refractivity contribution is 5.93. The summed E-state index contributed by atoms with van der Waals surface area (Å²) in [6.07, 6.45) is 8.81. The number of likely N-dealkylation sites (tertiary alicyclic amines) is 1. The SMILES string of the molecule is O=C(O)/C=C/c1cn(CCCC2CCN(C(=O)OCc3ccccc3)CC2)c2ccccc12. The van der Waals surface area contributed by atoms with Crippen LogP contribution in [0.25, 0.3) is 17.0 Å². The predicted octanol–water partition coefficient (Wildman–Crippen LogP) is 5.57. The van der Waals surface area contributed by atoms with Crippen LogP contribution >= 0.6 is 0 Å². The number of piperidine rings is 1. The van der Waals surface area contributed by atoms with Crippen molar-refractivity contribution in [1.29, 1.82) is 0 Å². The van der Waals surface area contributed by atoms with Gasteiger partial charge in [-0.2, -0.15) is 0 Å². The molecule has 172 valence electrons. The van der Waals surface area contributed by atoms with E-state index in [-0.39, 0.29) is 6.09 Å². The summed E-state index contributed by atoms with van der Waals surface area (Å²) in [7, 11) is 0. The van der Waals surface area contributed by atoms with Crippen molar-refractivity contribution in [2.75, 3.05) is 13.1 Å². The van der Waals surface area contributed by atoms with Gasteiger partial charge in [-0.25, -0.2) is 9.59 Å². The van der Waals surface area contributed by atoms with Gasteiger partial charge in [-0.3, -0.25) is 0 Å². The van der Waals surface area contributed by atoms with E-state index >= 15 is 0 Å². The second-order valence-electron chi connectivity index (χ2n) is 8.58. The third-order valence-corrected chi connectivity index (χ3v) is 6.31. The van der Waals surface area contributed by atoms with E-state index < -0.39 is 5.97 Å². The number of aliphatic carboxylic acids is 1. The number of ether oxygens (including phenoxy) is 1. The molecule has 1 N–H and O–H groups in total. The number of aryl methyl sites for hydroxylation is 1. The van der Waals surface area contributed by atoms with Gasteiger partial charge in [0, 0.05) is 48.4 Å². The molecule has 1 fully saturated rings. The first-order valence-corrected chi connectivity index (χ1v) is 11.5. The van der Waals surface area contributed by atoms with E-state index in [1.807, 2.05) is 59.6 Å². The van der Waals surface area contributed by atoms with Crippen LogP contribution in [0.15, 0.2) is 66.9 Å². The van der Waals surface area contributed by atoms with E-state index in [4.69, 9.17) is 9.84 Å². The first kappa shape index (κ1) is 22.6. The Morgan fingerprint density at radius 2 is 1.76 bits per heavy atom. The maximum atomic E-state index is 12.4. The lowest BCUT2D eigenvalue weighted by Crippen LogP contribution is -2.38. The number of benzene rings is 2. The Kier molecular flexibility index (Phi) is 7.45. The van der Waals surface area contributed by atoms with Crippen LogP contribution in [0.2, 0.25) is 0 Å². The molecule has 1 aromatic heterocycles. The average Bonchev–Trinajstić information content (AvgIpc) is 3.20. The van der Waals surface area contributed by atoms with Crippen molar-refractivity contribution in [3.05, 3.63) is 78.0 Å². The van der Waals surface area contributed by atoms with Crippen LogP contribution in [-0.2, 0) is 22.7 Å². The molecule has 1 amide bonds. The first-order chi connectivity index (χ1) is 16.1. The lowest BCUT2D eigenvalue weighted by atomic mass is 9.92. The molecule has 1 saturated heterocycles.